The van der Waals surface area contributed by atoms with Crippen molar-refractivity contribution in [1.29, 1.82) is 0 Å². The second-order valence-electron chi connectivity index (χ2n) is 6.30. The van der Waals surface area contributed by atoms with Crippen LogP contribution in [0.15, 0.2) is 82.6 Å². The summed E-state index contributed by atoms with van der Waals surface area (Å²) in [4.78, 5) is -1.04. The fourth-order valence-corrected chi connectivity index (χ4v) is 6.67. The minimum absolute atomic E-state index is 0. The first-order chi connectivity index (χ1) is 14.3. The van der Waals surface area contributed by atoms with Gasteiger partial charge in [-0.25, -0.2) is 0 Å². The Hall–Kier alpha value is -1.30. The first-order valence-corrected chi connectivity index (χ1v) is 12.6. The third-order valence-corrected chi connectivity index (χ3v) is 8.36. The van der Waals surface area contributed by atoms with Gasteiger partial charge in [-0.15, -0.1) is 0 Å². The first kappa shape index (κ1) is 26.9. The summed E-state index contributed by atoms with van der Waals surface area (Å²) >= 11 is 0. The van der Waals surface area contributed by atoms with Gasteiger partial charge in [-0.2, -0.15) is 30.0 Å². The van der Waals surface area contributed by atoms with Crippen LogP contribution in [-0.2, 0) is 26.4 Å². The third-order valence-electron chi connectivity index (χ3n) is 4.20. The van der Waals surface area contributed by atoms with Crippen LogP contribution in [0.1, 0.15) is 5.56 Å². The summed E-state index contributed by atoms with van der Waals surface area (Å²) in [6.07, 6.45) is -4.74. The van der Waals surface area contributed by atoms with Gasteiger partial charge in [-0.1, -0.05) is 42.5 Å². The van der Waals surface area contributed by atoms with Gasteiger partial charge in [-0.3, -0.25) is 9.11 Å². The molecule has 3 rings (SSSR count). The van der Waals surface area contributed by atoms with E-state index >= 15 is 0 Å². The fraction of sp³-hybridized carbons (Fsp3) is 0.0526. The minimum atomic E-state index is -4.74. The van der Waals surface area contributed by atoms with Crippen molar-refractivity contribution in [3.63, 3.8) is 0 Å². The Bertz CT molecular complexity index is 1270. The molecule has 3 aromatic rings. The van der Waals surface area contributed by atoms with Crippen LogP contribution in [0.2, 0.25) is 0 Å². The van der Waals surface area contributed by atoms with Gasteiger partial charge in [0.1, 0.15) is 0 Å². The van der Waals surface area contributed by atoms with E-state index in [1.807, 2.05) is 0 Å². The molecule has 0 fully saturated rings. The number of hydrogen-bond acceptors (Lipinski definition) is 4. The van der Waals surface area contributed by atoms with E-state index in [1.54, 1.807) is 0 Å². The summed E-state index contributed by atoms with van der Waals surface area (Å²) in [5.74, 6) is 0. The average Bonchev–Trinajstić information content (AvgIpc) is 2.67. The Kier molecular flexibility index (Phi) is 8.34. The van der Waals surface area contributed by atoms with Crippen molar-refractivity contribution in [1.82, 2.24) is 0 Å². The molecule has 0 heterocycles. The van der Waals surface area contributed by atoms with Crippen LogP contribution in [0, 0.1) is 0 Å². The summed E-state index contributed by atoms with van der Waals surface area (Å²) in [5, 5.41) is 0.0357. The second-order valence-corrected chi connectivity index (χ2v) is 11.3. The summed E-state index contributed by atoms with van der Waals surface area (Å²) < 4.78 is 106. The van der Waals surface area contributed by atoms with E-state index in [0.29, 0.717) is 0 Å². The van der Waals surface area contributed by atoms with E-state index in [4.69, 9.17) is 0 Å². The van der Waals surface area contributed by atoms with Crippen LogP contribution in [0.5, 0.6) is 0 Å². The van der Waals surface area contributed by atoms with Crippen molar-refractivity contribution in [2.24, 2.45) is 0 Å². The van der Waals surface area contributed by atoms with Crippen LogP contribution in [-0.4, -0.2) is 55.5 Å². The molecule has 0 aliphatic carbocycles. The molecule has 0 bridgehead atoms. The molecule has 6 nitrogen and oxygen atoms in total. The normalized spacial score (nSPS) is 12.4. The van der Waals surface area contributed by atoms with Gasteiger partial charge < -0.3 is 0 Å². The third kappa shape index (κ3) is 6.18. The van der Waals surface area contributed by atoms with Gasteiger partial charge in [-0.05, 0) is 54.2 Å². The summed E-state index contributed by atoms with van der Waals surface area (Å²) in [6, 6.07) is 14.2. The zero-order chi connectivity index (χ0) is 23.0. The molecule has 3 aromatic carbocycles. The number of rotatable bonds is 5. The molecule has 0 aliphatic rings. The molecule has 0 amide bonds. The number of hydrogen-bond donors (Lipinski definition) is 2. The first-order valence-electron chi connectivity index (χ1n) is 8.40. The molecule has 32 heavy (non-hydrogen) atoms. The van der Waals surface area contributed by atoms with Crippen LogP contribution >= 0.6 is 7.92 Å². The molecule has 0 aliphatic heterocycles. The van der Waals surface area contributed by atoms with Crippen LogP contribution in [0.3, 0.4) is 0 Å². The predicted octanol–water partition coefficient (Wildman–Crippen LogP) is 2.31. The van der Waals surface area contributed by atoms with Gasteiger partial charge in [0.25, 0.3) is 20.2 Å². The average molecular weight is 514 g/mol. The monoisotopic (exact) mass is 514 g/mol. The van der Waals surface area contributed by atoms with Crippen molar-refractivity contribution < 1.29 is 39.1 Å². The molecule has 0 atom stereocenters. The molecule has 0 spiro atoms. The van der Waals surface area contributed by atoms with E-state index < -0.39 is 49.7 Å². The molecule has 0 saturated heterocycles. The molecule has 166 valence electrons. The topological polar surface area (TPSA) is 109 Å². The van der Waals surface area contributed by atoms with Crippen molar-refractivity contribution in [2.45, 2.75) is 16.0 Å². The number of halogens is 3. The van der Waals surface area contributed by atoms with Gasteiger partial charge in [0.05, 0.1) is 15.4 Å². The van der Waals surface area contributed by atoms with Crippen molar-refractivity contribution in [2.75, 3.05) is 0 Å². The second kappa shape index (κ2) is 9.90. The zero-order valence-electron chi connectivity index (χ0n) is 15.4. The molecule has 13 heteroatoms. The Balaban J connectivity index is 0.00000363. The van der Waals surface area contributed by atoms with E-state index in [1.165, 1.54) is 42.5 Å². The van der Waals surface area contributed by atoms with Crippen LogP contribution in [0.25, 0.3) is 0 Å². The molecule has 0 unspecified atom stereocenters. The molecule has 0 aromatic heterocycles. The number of benzene rings is 3. The molecule has 2 N–H and O–H groups in total. The fourth-order valence-electron chi connectivity index (χ4n) is 2.90. The molecular weight excluding hydrogens is 499 g/mol. The van der Waals surface area contributed by atoms with E-state index in [2.05, 4.69) is 0 Å². The van der Waals surface area contributed by atoms with Crippen molar-refractivity contribution in [3.8, 4) is 0 Å². The summed E-state index contributed by atoms with van der Waals surface area (Å²) in [6.45, 7) is 0. The maximum absolute atomic E-state index is 13.7. The SMILES string of the molecule is O=S(=O)(O)c1cccc(P(c2cccc(S(=O)(=O)O)c2)c2ccccc2C(F)(F)F)c1.[NaH]. The van der Waals surface area contributed by atoms with Crippen molar-refractivity contribution in [3.05, 3.63) is 78.4 Å². The van der Waals surface area contributed by atoms with Gasteiger partial charge >= 0.3 is 35.7 Å². The Labute approximate surface area is 206 Å². The Morgan fingerprint density at radius 3 is 1.53 bits per heavy atom. The predicted molar refractivity (Wildman–Crippen MR) is 117 cm³/mol. The summed E-state index contributed by atoms with van der Waals surface area (Å²) in [7, 11) is -11.4. The maximum atomic E-state index is 13.7. The van der Waals surface area contributed by atoms with E-state index in [-0.39, 0.29) is 45.5 Å². The molecule has 0 radical (unpaired) electrons. The quantitative estimate of drug-likeness (QED) is 0.307. The Morgan fingerprint density at radius 1 is 0.688 bits per heavy atom. The van der Waals surface area contributed by atoms with Gasteiger partial charge in [0.2, 0.25) is 0 Å². The zero-order valence-corrected chi connectivity index (χ0v) is 17.9. The van der Waals surface area contributed by atoms with Crippen molar-refractivity contribution >= 4 is 73.6 Å². The Morgan fingerprint density at radius 2 is 1.12 bits per heavy atom. The molecule has 0 saturated carbocycles. The van der Waals surface area contributed by atoms with Gasteiger partial charge in [0, 0.05) is 0 Å². The van der Waals surface area contributed by atoms with E-state index in [9.17, 15) is 39.1 Å². The summed E-state index contributed by atoms with van der Waals surface area (Å²) in [5.41, 5.74) is -0.976. The molecular formula is C19H15F3NaO6PS2. The van der Waals surface area contributed by atoms with Gasteiger partial charge in [0.15, 0.2) is 0 Å². The van der Waals surface area contributed by atoms with Crippen LogP contribution < -0.4 is 15.9 Å². The number of alkyl halides is 3. The van der Waals surface area contributed by atoms with Crippen LogP contribution in [0.4, 0.5) is 13.2 Å². The standard InChI is InChI=1S/C19H14F3O6PS2.Na.H/c20-19(21,22)17-9-1-2-10-18(17)29(13-5-3-7-15(11-13)30(23,24)25)14-6-4-8-16(12-14)31(26,27)28;;/h1-12H,(H,23,24,25)(H,26,27,28);;. The van der Waals surface area contributed by atoms with E-state index in [0.717, 1.165) is 30.3 Å².